The molecule has 0 saturated carbocycles. The number of rotatable bonds is 1. The molecule has 0 unspecified atom stereocenters. The first-order chi connectivity index (χ1) is 8.28. The maximum Gasteiger partial charge on any atom is 0.0705 e. The first kappa shape index (κ1) is 10.7. The van der Waals surface area contributed by atoms with Gasteiger partial charge in [-0.2, -0.15) is 0 Å². The van der Waals surface area contributed by atoms with Crippen molar-refractivity contribution in [2.75, 3.05) is 13.2 Å². The molecule has 0 aliphatic carbocycles. The van der Waals surface area contributed by atoms with E-state index in [9.17, 15) is 0 Å². The molecule has 88 valence electrons. The molecule has 1 saturated heterocycles. The Morgan fingerprint density at radius 2 is 2.00 bits per heavy atom. The van der Waals surface area contributed by atoms with E-state index in [-0.39, 0.29) is 5.54 Å². The fourth-order valence-corrected chi connectivity index (χ4v) is 2.40. The van der Waals surface area contributed by atoms with Gasteiger partial charge >= 0.3 is 0 Å². The van der Waals surface area contributed by atoms with Crippen LogP contribution in [0.5, 0.6) is 0 Å². The van der Waals surface area contributed by atoms with Gasteiger partial charge in [0.1, 0.15) is 0 Å². The largest absolute Gasteiger partial charge is 0.381 e. The summed E-state index contributed by atoms with van der Waals surface area (Å²) in [6.45, 7) is 1.49. The summed E-state index contributed by atoms with van der Waals surface area (Å²) in [5.74, 6) is 0. The molecule has 17 heavy (non-hydrogen) atoms. The van der Waals surface area contributed by atoms with E-state index in [0.717, 1.165) is 37.0 Å². The molecule has 0 atom stereocenters. The SMILES string of the molecule is NC1(c2ccc3cccnc3c2)CCOCC1. The van der Waals surface area contributed by atoms with Crippen molar-refractivity contribution >= 4 is 10.9 Å². The minimum absolute atomic E-state index is 0.246. The molecule has 1 aromatic carbocycles. The molecule has 0 bridgehead atoms. The fraction of sp³-hybridized carbons (Fsp3) is 0.357. The second-order valence-corrected chi connectivity index (χ2v) is 4.68. The summed E-state index contributed by atoms with van der Waals surface area (Å²) in [6.07, 6.45) is 3.58. The lowest BCUT2D eigenvalue weighted by molar-refractivity contribution is 0.0523. The van der Waals surface area contributed by atoms with E-state index in [1.807, 2.05) is 12.3 Å². The fourth-order valence-electron chi connectivity index (χ4n) is 2.40. The van der Waals surface area contributed by atoms with Gasteiger partial charge in [-0.05, 0) is 30.5 Å². The zero-order valence-corrected chi connectivity index (χ0v) is 9.73. The number of aromatic nitrogens is 1. The summed E-state index contributed by atoms with van der Waals surface area (Å²) in [6, 6.07) is 10.4. The number of nitrogens with two attached hydrogens (primary N) is 1. The second kappa shape index (κ2) is 4.09. The second-order valence-electron chi connectivity index (χ2n) is 4.68. The van der Waals surface area contributed by atoms with Gasteiger partial charge in [0.05, 0.1) is 5.52 Å². The maximum atomic E-state index is 6.46. The van der Waals surface area contributed by atoms with Gasteiger partial charge in [0, 0.05) is 30.3 Å². The summed E-state index contributed by atoms with van der Waals surface area (Å²) in [5.41, 5.74) is 8.41. The summed E-state index contributed by atoms with van der Waals surface area (Å²) in [7, 11) is 0. The van der Waals surface area contributed by atoms with Crippen molar-refractivity contribution in [3.8, 4) is 0 Å². The highest BCUT2D eigenvalue weighted by Gasteiger charge is 2.29. The first-order valence-corrected chi connectivity index (χ1v) is 6.00. The van der Waals surface area contributed by atoms with Crippen LogP contribution in [0.25, 0.3) is 10.9 Å². The van der Waals surface area contributed by atoms with Gasteiger partial charge in [-0.1, -0.05) is 18.2 Å². The van der Waals surface area contributed by atoms with E-state index in [1.165, 1.54) is 5.56 Å². The quantitative estimate of drug-likeness (QED) is 0.814. The third-order valence-electron chi connectivity index (χ3n) is 3.57. The number of pyridine rings is 1. The lowest BCUT2D eigenvalue weighted by Gasteiger charge is -2.33. The molecule has 0 spiro atoms. The summed E-state index contributed by atoms with van der Waals surface area (Å²) in [4.78, 5) is 4.38. The molecule has 1 aliphatic rings. The highest BCUT2D eigenvalue weighted by Crippen LogP contribution is 2.30. The predicted molar refractivity (Wildman–Crippen MR) is 67.7 cm³/mol. The van der Waals surface area contributed by atoms with Crippen LogP contribution in [0.15, 0.2) is 36.5 Å². The molecule has 1 aromatic heterocycles. The Hall–Kier alpha value is -1.45. The Bertz CT molecular complexity index is 532. The van der Waals surface area contributed by atoms with E-state index in [4.69, 9.17) is 10.5 Å². The van der Waals surface area contributed by atoms with Crippen LogP contribution in [0.3, 0.4) is 0 Å². The van der Waals surface area contributed by atoms with Gasteiger partial charge in [-0.25, -0.2) is 0 Å². The van der Waals surface area contributed by atoms with E-state index in [0.29, 0.717) is 0 Å². The Labute approximate surface area is 101 Å². The van der Waals surface area contributed by atoms with Crippen LogP contribution in [0, 0.1) is 0 Å². The van der Waals surface area contributed by atoms with E-state index < -0.39 is 0 Å². The number of benzene rings is 1. The third-order valence-corrected chi connectivity index (χ3v) is 3.57. The minimum atomic E-state index is -0.246. The molecular weight excluding hydrogens is 212 g/mol. The summed E-state index contributed by atoms with van der Waals surface area (Å²) < 4.78 is 5.38. The third kappa shape index (κ3) is 1.92. The monoisotopic (exact) mass is 228 g/mol. The molecule has 0 radical (unpaired) electrons. The van der Waals surface area contributed by atoms with Crippen LogP contribution >= 0.6 is 0 Å². The molecule has 0 amide bonds. The minimum Gasteiger partial charge on any atom is -0.381 e. The van der Waals surface area contributed by atoms with Crippen molar-refractivity contribution in [1.29, 1.82) is 0 Å². The van der Waals surface area contributed by atoms with Crippen molar-refractivity contribution < 1.29 is 4.74 Å². The lowest BCUT2D eigenvalue weighted by atomic mass is 9.83. The van der Waals surface area contributed by atoms with Crippen LogP contribution in [-0.2, 0) is 10.3 Å². The van der Waals surface area contributed by atoms with Crippen LogP contribution in [0.1, 0.15) is 18.4 Å². The number of fused-ring (bicyclic) bond motifs is 1. The number of hydrogen-bond donors (Lipinski definition) is 1. The Kier molecular flexibility index (Phi) is 2.57. The molecule has 3 heteroatoms. The Balaban J connectivity index is 2.05. The molecular formula is C14H16N2O. The zero-order valence-electron chi connectivity index (χ0n) is 9.73. The molecule has 1 fully saturated rings. The molecule has 2 N–H and O–H groups in total. The van der Waals surface area contributed by atoms with Gasteiger partial charge in [-0.15, -0.1) is 0 Å². The molecule has 1 aliphatic heterocycles. The van der Waals surface area contributed by atoms with Crippen molar-refractivity contribution in [3.05, 3.63) is 42.1 Å². The average Bonchev–Trinajstić information content (AvgIpc) is 2.39. The van der Waals surface area contributed by atoms with Gasteiger partial charge in [0.25, 0.3) is 0 Å². The predicted octanol–water partition coefficient (Wildman–Crippen LogP) is 2.20. The standard InChI is InChI=1S/C14H16N2O/c15-14(5-8-17-9-6-14)12-4-3-11-2-1-7-16-13(11)10-12/h1-4,7,10H,5-6,8-9,15H2. The van der Waals surface area contributed by atoms with Crippen LogP contribution in [0.4, 0.5) is 0 Å². The maximum absolute atomic E-state index is 6.46. The highest BCUT2D eigenvalue weighted by atomic mass is 16.5. The smallest absolute Gasteiger partial charge is 0.0705 e. The normalized spacial score (nSPS) is 19.4. The zero-order chi connectivity index (χ0) is 11.7. The van der Waals surface area contributed by atoms with Crippen LogP contribution in [-0.4, -0.2) is 18.2 Å². The summed E-state index contributed by atoms with van der Waals surface area (Å²) >= 11 is 0. The number of hydrogen-bond acceptors (Lipinski definition) is 3. The molecule has 2 aromatic rings. The molecule has 3 rings (SSSR count). The van der Waals surface area contributed by atoms with Gasteiger partial charge in [0.2, 0.25) is 0 Å². The summed E-state index contributed by atoms with van der Waals surface area (Å²) in [5, 5.41) is 1.16. The van der Waals surface area contributed by atoms with Gasteiger partial charge in [-0.3, -0.25) is 4.98 Å². The van der Waals surface area contributed by atoms with Crippen molar-refractivity contribution in [1.82, 2.24) is 4.98 Å². The topological polar surface area (TPSA) is 48.1 Å². The number of ether oxygens (including phenoxy) is 1. The lowest BCUT2D eigenvalue weighted by Crippen LogP contribution is -2.42. The Morgan fingerprint density at radius 1 is 1.18 bits per heavy atom. The van der Waals surface area contributed by atoms with E-state index in [2.05, 4.69) is 29.2 Å². The van der Waals surface area contributed by atoms with Crippen molar-refractivity contribution in [2.24, 2.45) is 5.73 Å². The van der Waals surface area contributed by atoms with E-state index in [1.54, 1.807) is 0 Å². The van der Waals surface area contributed by atoms with Gasteiger partial charge < -0.3 is 10.5 Å². The first-order valence-electron chi connectivity index (χ1n) is 6.00. The van der Waals surface area contributed by atoms with Crippen molar-refractivity contribution in [3.63, 3.8) is 0 Å². The highest BCUT2D eigenvalue weighted by molar-refractivity contribution is 5.79. The Morgan fingerprint density at radius 3 is 2.82 bits per heavy atom. The molecule has 3 nitrogen and oxygen atoms in total. The van der Waals surface area contributed by atoms with Crippen molar-refractivity contribution in [2.45, 2.75) is 18.4 Å². The molecule has 2 heterocycles. The van der Waals surface area contributed by atoms with Crippen LogP contribution in [0.2, 0.25) is 0 Å². The van der Waals surface area contributed by atoms with Gasteiger partial charge in [0.15, 0.2) is 0 Å². The van der Waals surface area contributed by atoms with E-state index >= 15 is 0 Å². The number of nitrogens with zero attached hydrogens (tertiary/aromatic N) is 1. The van der Waals surface area contributed by atoms with Crippen LogP contribution < -0.4 is 5.73 Å². The average molecular weight is 228 g/mol.